The number of aryl methyl sites for hydroxylation is 1. The zero-order valence-corrected chi connectivity index (χ0v) is 18.8. The summed E-state index contributed by atoms with van der Waals surface area (Å²) in [5, 5.41) is 21.0. The quantitative estimate of drug-likeness (QED) is 0.450. The zero-order valence-electron chi connectivity index (χ0n) is 18.8. The lowest BCUT2D eigenvalue weighted by Gasteiger charge is -2.13. The van der Waals surface area contributed by atoms with Gasteiger partial charge >= 0.3 is 0 Å². The van der Waals surface area contributed by atoms with E-state index in [0.717, 1.165) is 23.1 Å². The van der Waals surface area contributed by atoms with Crippen LogP contribution in [0.25, 0.3) is 5.69 Å². The molecule has 34 heavy (non-hydrogen) atoms. The van der Waals surface area contributed by atoms with Crippen molar-refractivity contribution in [3.63, 3.8) is 0 Å². The molecule has 3 aromatic rings. The van der Waals surface area contributed by atoms with Gasteiger partial charge in [-0.25, -0.2) is 0 Å². The van der Waals surface area contributed by atoms with Gasteiger partial charge in [0.15, 0.2) is 5.82 Å². The molecule has 0 radical (unpaired) electrons. The minimum Gasteiger partial charge on any atom is -0.508 e. The van der Waals surface area contributed by atoms with E-state index in [4.69, 9.17) is 4.99 Å². The van der Waals surface area contributed by atoms with E-state index in [1.165, 1.54) is 12.1 Å². The van der Waals surface area contributed by atoms with Crippen molar-refractivity contribution in [2.24, 2.45) is 10.9 Å². The Morgan fingerprint density at radius 2 is 1.91 bits per heavy atom. The number of phenols is 1. The van der Waals surface area contributed by atoms with Gasteiger partial charge in [-0.2, -0.15) is 0 Å². The molecule has 5 rings (SSSR count). The van der Waals surface area contributed by atoms with Crippen molar-refractivity contribution in [2.45, 2.75) is 26.3 Å². The van der Waals surface area contributed by atoms with Gasteiger partial charge in [0.1, 0.15) is 23.9 Å². The van der Waals surface area contributed by atoms with Gasteiger partial charge in [0.25, 0.3) is 0 Å². The molecule has 8 nitrogen and oxygen atoms in total. The van der Waals surface area contributed by atoms with Crippen molar-refractivity contribution < 1.29 is 14.7 Å². The van der Waals surface area contributed by atoms with Gasteiger partial charge in [0.2, 0.25) is 5.91 Å². The van der Waals surface area contributed by atoms with Gasteiger partial charge in [-0.15, -0.1) is 10.2 Å². The van der Waals surface area contributed by atoms with Crippen molar-refractivity contribution in [1.29, 1.82) is 0 Å². The molecule has 0 fully saturated rings. The molecule has 1 unspecified atom stereocenters. The molecule has 8 heteroatoms. The number of carbonyl (C=O) groups excluding carboxylic acids is 2. The molecule has 0 bridgehead atoms. The molecule has 2 atom stereocenters. The number of aromatic hydroxyl groups is 1. The molecule has 0 saturated heterocycles. The van der Waals surface area contributed by atoms with Gasteiger partial charge in [-0.05, 0) is 54.5 Å². The molecule has 2 heterocycles. The Morgan fingerprint density at radius 3 is 2.65 bits per heavy atom. The van der Waals surface area contributed by atoms with Crippen molar-refractivity contribution in [2.75, 3.05) is 5.32 Å². The van der Waals surface area contributed by atoms with Gasteiger partial charge in [-0.3, -0.25) is 19.1 Å². The van der Waals surface area contributed by atoms with Crippen LogP contribution in [0.3, 0.4) is 0 Å². The highest BCUT2D eigenvalue weighted by molar-refractivity contribution is 6.17. The van der Waals surface area contributed by atoms with Crippen LogP contribution >= 0.6 is 0 Å². The molecule has 2 aromatic carbocycles. The molecular formula is C26H23N5O3. The first-order valence-corrected chi connectivity index (χ1v) is 11.0. The fourth-order valence-electron chi connectivity index (χ4n) is 4.36. The van der Waals surface area contributed by atoms with Gasteiger partial charge in [0, 0.05) is 17.2 Å². The molecule has 2 N–H and O–H groups in total. The number of para-hydroxylation sites is 1. The summed E-state index contributed by atoms with van der Waals surface area (Å²) in [4.78, 5) is 29.5. The summed E-state index contributed by atoms with van der Waals surface area (Å²) in [6.07, 6.45) is 4.80. The first kappa shape index (κ1) is 21.5. The number of aromatic nitrogens is 3. The molecule has 0 spiro atoms. The Hall–Kier alpha value is -4.33. The number of anilines is 1. The third kappa shape index (κ3) is 3.83. The van der Waals surface area contributed by atoms with Crippen molar-refractivity contribution in [3.8, 4) is 11.4 Å². The van der Waals surface area contributed by atoms with Crippen molar-refractivity contribution in [1.82, 2.24) is 14.8 Å². The number of hydrogen-bond acceptors (Lipinski definition) is 6. The van der Waals surface area contributed by atoms with Crippen LogP contribution in [0.15, 0.2) is 76.8 Å². The Balaban J connectivity index is 1.58. The normalized spacial score (nSPS) is 18.7. The highest BCUT2D eigenvalue weighted by Gasteiger charge is 2.31. The number of carbonyl (C=O) groups is 2. The van der Waals surface area contributed by atoms with E-state index in [1.807, 2.05) is 54.8 Å². The van der Waals surface area contributed by atoms with E-state index in [9.17, 15) is 14.7 Å². The number of amides is 1. The van der Waals surface area contributed by atoms with Crippen LogP contribution < -0.4 is 5.32 Å². The zero-order chi connectivity index (χ0) is 23.8. The maximum atomic E-state index is 13.0. The number of aliphatic imine (C=N–C) groups is 1. The molecule has 1 aliphatic heterocycles. The summed E-state index contributed by atoms with van der Waals surface area (Å²) in [6.45, 7) is 3.84. The van der Waals surface area contributed by atoms with Gasteiger partial charge in [-0.1, -0.05) is 31.2 Å². The lowest BCUT2D eigenvalue weighted by Crippen LogP contribution is -2.17. The average Bonchev–Trinajstić information content (AvgIpc) is 3.36. The number of allylic oxidation sites excluding steroid dienone is 4. The first-order chi connectivity index (χ1) is 16.4. The molecule has 1 aromatic heterocycles. The minimum absolute atomic E-state index is 0.0118. The van der Waals surface area contributed by atoms with Gasteiger partial charge in [0.05, 0.1) is 17.8 Å². The Bertz CT molecular complexity index is 1380. The van der Waals surface area contributed by atoms with Crippen LogP contribution in [-0.2, 0) is 9.59 Å². The minimum atomic E-state index is -0.592. The maximum absolute atomic E-state index is 13.0. The standard InChI is InChI=1S/C26H23N5O3/c1-15-11-17(12-18(15)14-32)25-21-5-3-4-6-23(21)31-16(2)29-30-26(31)22(28-25)13-24(34)27-19-7-9-20(33)10-8-19/h3-12,14-15,22,33H,13H2,1-2H3,(H,27,34)/t15?,22-/m1/s1. The van der Waals surface area contributed by atoms with Crippen LogP contribution in [0.5, 0.6) is 5.75 Å². The lowest BCUT2D eigenvalue weighted by molar-refractivity contribution is -0.116. The van der Waals surface area contributed by atoms with E-state index in [-0.39, 0.29) is 24.0 Å². The second kappa shape index (κ2) is 8.55. The number of rotatable bonds is 5. The first-order valence-electron chi connectivity index (χ1n) is 11.0. The Kier molecular flexibility index (Phi) is 5.41. The van der Waals surface area contributed by atoms with E-state index in [0.29, 0.717) is 28.6 Å². The topological polar surface area (TPSA) is 109 Å². The van der Waals surface area contributed by atoms with Crippen LogP contribution in [0, 0.1) is 12.8 Å². The van der Waals surface area contributed by atoms with Crippen LogP contribution in [0.1, 0.15) is 36.6 Å². The van der Waals surface area contributed by atoms with Crippen LogP contribution in [0.2, 0.25) is 0 Å². The molecule has 1 aliphatic carbocycles. The highest BCUT2D eigenvalue weighted by Crippen LogP contribution is 2.35. The molecular weight excluding hydrogens is 430 g/mol. The van der Waals surface area contributed by atoms with Crippen LogP contribution in [0.4, 0.5) is 5.69 Å². The number of aldehydes is 1. The summed E-state index contributed by atoms with van der Waals surface area (Å²) in [5.41, 5.74) is 4.59. The number of benzene rings is 2. The maximum Gasteiger partial charge on any atom is 0.227 e. The fraction of sp³-hybridized carbons (Fsp3) is 0.192. The average molecular weight is 454 g/mol. The van der Waals surface area contributed by atoms with E-state index >= 15 is 0 Å². The number of hydrogen-bond donors (Lipinski definition) is 2. The number of nitrogens with zero attached hydrogens (tertiary/aromatic N) is 4. The van der Waals surface area contributed by atoms with E-state index < -0.39 is 6.04 Å². The number of phenolic OH excluding ortho intramolecular Hbond substituents is 1. The number of fused-ring (bicyclic) bond motifs is 3. The van der Waals surface area contributed by atoms with Crippen molar-refractivity contribution >= 4 is 23.6 Å². The van der Waals surface area contributed by atoms with Crippen molar-refractivity contribution in [3.05, 3.63) is 89.0 Å². The molecule has 170 valence electrons. The number of nitrogens with one attached hydrogen (secondary N) is 1. The van der Waals surface area contributed by atoms with E-state index in [1.54, 1.807) is 12.1 Å². The third-order valence-electron chi connectivity index (χ3n) is 6.05. The molecule has 0 saturated carbocycles. The smallest absolute Gasteiger partial charge is 0.227 e. The Morgan fingerprint density at radius 1 is 1.15 bits per heavy atom. The second-order valence-corrected chi connectivity index (χ2v) is 8.42. The predicted molar refractivity (Wildman–Crippen MR) is 128 cm³/mol. The summed E-state index contributed by atoms with van der Waals surface area (Å²) in [7, 11) is 0. The molecule has 2 aliphatic rings. The summed E-state index contributed by atoms with van der Waals surface area (Å²) >= 11 is 0. The molecule has 1 amide bonds. The third-order valence-corrected chi connectivity index (χ3v) is 6.05. The lowest BCUT2D eigenvalue weighted by atomic mass is 10.0. The van der Waals surface area contributed by atoms with Gasteiger partial charge < -0.3 is 10.4 Å². The predicted octanol–water partition coefficient (Wildman–Crippen LogP) is 3.86. The SMILES string of the molecule is Cc1nnc2n1-c1ccccc1C(C1=CC(C)C(C=O)=C1)=N[C@@H]2CC(=O)Nc1ccc(O)cc1. The summed E-state index contributed by atoms with van der Waals surface area (Å²) in [5.74, 6) is 1.14. The second-order valence-electron chi connectivity index (χ2n) is 8.42. The Labute approximate surface area is 196 Å². The largest absolute Gasteiger partial charge is 0.508 e. The monoisotopic (exact) mass is 453 g/mol. The van der Waals surface area contributed by atoms with E-state index in [2.05, 4.69) is 15.5 Å². The summed E-state index contributed by atoms with van der Waals surface area (Å²) in [6, 6.07) is 13.5. The summed E-state index contributed by atoms with van der Waals surface area (Å²) < 4.78 is 1.94. The highest BCUT2D eigenvalue weighted by atomic mass is 16.3. The fourth-order valence-corrected chi connectivity index (χ4v) is 4.36. The van der Waals surface area contributed by atoms with Crippen LogP contribution in [-0.4, -0.2) is 37.8 Å².